The summed E-state index contributed by atoms with van der Waals surface area (Å²) in [6.45, 7) is 6.90. The Kier molecular flexibility index (Phi) is 4.08. The standard InChI is InChI=1S/C10H18O.C6H12O/c1-9(2)7-4-5-10(9,3)8(11)6-7;7-6-4-2-1-3-5-6/h7-8,11H,4-6H2,1-3H3;6-7H,1-5H2/t7-,8+,10-;/m1./s1. The molecule has 2 bridgehead atoms. The Morgan fingerprint density at radius 2 is 1.50 bits per heavy atom. The molecule has 0 radical (unpaired) electrons. The van der Waals surface area contributed by atoms with Crippen molar-refractivity contribution in [2.45, 2.75) is 84.3 Å². The molecule has 0 aromatic carbocycles. The first-order valence-electron chi connectivity index (χ1n) is 7.74. The molecule has 3 aliphatic carbocycles. The fourth-order valence-corrected chi connectivity index (χ4v) is 4.24. The lowest BCUT2D eigenvalue weighted by molar-refractivity contribution is 0.0126. The molecular formula is C16H30O2. The third-order valence-corrected chi connectivity index (χ3v) is 6.32. The van der Waals surface area contributed by atoms with Crippen LogP contribution in [0, 0.1) is 16.7 Å². The van der Waals surface area contributed by atoms with Crippen molar-refractivity contribution in [1.82, 2.24) is 0 Å². The van der Waals surface area contributed by atoms with Gasteiger partial charge >= 0.3 is 0 Å². The third kappa shape index (κ3) is 2.34. The van der Waals surface area contributed by atoms with E-state index in [-0.39, 0.29) is 17.6 Å². The minimum atomic E-state index is -0.0313. The van der Waals surface area contributed by atoms with Gasteiger partial charge in [0.05, 0.1) is 12.2 Å². The molecule has 2 nitrogen and oxygen atoms in total. The zero-order valence-electron chi connectivity index (χ0n) is 12.3. The van der Waals surface area contributed by atoms with Gasteiger partial charge in [0.1, 0.15) is 0 Å². The lowest BCUT2D eigenvalue weighted by atomic mass is 9.70. The normalized spacial score (nSPS) is 42.5. The Bertz CT molecular complexity index is 281. The van der Waals surface area contributed by atoms with E-state index in [1.54, 1.807) is 0 Å². The summed E-state index contributed by atoms with van der Waals surface area (Å²) in [5.41, 5.74) is 0.601. The lowest BCUT2D eigenvalue weighted by Crippen LogP contribution is -2.35. The van der Waals surface area contributed by atoms with Gasteiger partial charge in [-0.05, 0) is 48.9 Å². The number of hydrogen-bond acceptors (Lipinski definition) is 2. The summed E-state index contributed by atoms with van der Waals surface area (Å²) in [6.07, 6.45) is 9.50. The van der Waals surface area contributed by atoms with E-state index in [4.69, 9.17) is 5.11 Å². The predicted molar refractivity (Wildman–Crippen MR) is 74.3 cm³/mol. The maximum Gasteiger partial charge on any atom is 0.0601 e. The van der Waals surface area contributed by atoms with E-state index in [1.807, 2.05) is 0 Å². The Morgan fingerprint density at radius 1 is 0.889 bits per heavy atom. The van der Waals surface area contributed by atoms with Crippen molar-refractivity contribution in [2.24, 2.45) is 16.7 Å². The largest absolute Gasteiger partial charge is 0.393 e. The molecule has 3 fully saturated rings. The maximum atomic E-state index is 9.81. The number of hydrogen-bond donors (Lipinski definition) is 2. The fraction of sp³-hybridized carbons (Fsp3) is 1.00. The molecule has 2 N–H and O–H groups in total. The van der Waals surface area contributed by atoms with Crippen LogP contribution in [0.25, 0.3) is 0 Å². The summed E-state index contributed by atoms with van der Waals surface area (Å²) in [6, 6.07) is 0. The van der Waals surface area contributed by atoms with E-state index in [2.05, 4.69) is 20.8 Å². The van der Waals surface area contributed by atoms with Crippen LogP contribution in [0.2, 0.25) is 0 Å². The van der Waals surface area contributed by atoms with Crippen molar-refractivity contribution >= 4 is 0 Å². The minimum Gasteiger partial charge on any atom is -0.393 e. The molecule has 2 heteroatoms. The second-order valence-electron chi connectivity index (χ2n) is 7.42. The molecule has 0 unspecified atom stereocenters. The van der Waals surface area contributed by atoms with E-state index in [0.717, 1.165) is 25.2 Å². The number of rotatable bonds is 0. The van der Waals surface area contributed by atoms with Crippen molar-refractivity contribution < 1.29 is 10.2 Å². The summed E-state index contributed by atoms with van der Waals surface area (Å²) in [5, 5.41) is 18.7. The Morgan fingerprint density at radius 3 is 1.72 bits per heavy atom. The molecule has 0 aliphatic heterocycles. The summed E-state index contributed by atoms with van der Waals surface area (Å²) in [7, 11) is 0. The predicted octanol–water partition coefficient (Wildman–Crippen LogP) is 3.50. The van der Waals surface area contributed by atoms with Crippen LogP contribution in [-0.4, -0.2) is 22.4 Å². The highest BCUT2D eigenvalue weighted by Gasteiger charge is 2.60. The number of fused-ring (bicyclic) bond motifs is 2. The van der Waals surface area contributed by atoms with Crippen LogP contribution in [0.15, 0.2) is 0 Å². The van der Waals surface area contributed by atoms with Gasteiger partial charge in [-0.15, -0.1) is 0 Å². The average Bonchev–Trinajstić information content (AvgIpc) is 2.64. The zero-order valence-corrected chi connectivity index (χ0v) is 12.3. The fourth-order valence-electron chi connectivity index (χ4n) is 4.24. The van der Waals surface area contributed by atoms with Gasteiger partial charge in [-0.1, -0.05) is 40.0 Å². The molecule has 0 amide bonds. The summed E-state index contributed by atoms with van der Waals surface area (Å²) in [4.78, 5) is 0. The van der Waals surface area contributed by atoms with Gasteiger partial charge in [-0.25, -0.2) is 0 Å². The first kappa shape index (κ1) is 14.3. The Labute approximate surface area is 112 Å². The van der Waals surface area contributed by atoms with Gasteiger partial charge in [0.15, 0.2) is 0 Å². The van der Waals surface area contributed by atoms with Crippen molar-refractivity contribution in [3.05, 3.63) is 0 Å². The summed E-state index contributed by atoms with van der Waals surface area (Å²) >= 11 is 0. The first-order valence-corrected chi connectivity index (χ1v) is 7.74. The topological polar surface area (TPSA) is 40.5 Å². The second-order valence-corrected chi connectivity index (χ2v) is 7.42. The van der Waals surface area contributed by atoms with E-state index in [1.165, 1.54) is 32.1 Å². The van der Waals surface area contributed by atoms with Gasteiger partial charge in [0.25, 0.3) is 0 Å². The van der Waals surface area contributed by atoms with Gasteiger partial charge in [0.2, 0.25) is 0 Å². The molecule has 0 aromatic heterocycles. The molecule has 3 saturated carbocycles. The quantitative estimate of drug-likeness (QED) is 0.694. The van der Waals surface area contributed by atoms with E-state index < -0.39 is 0 Å². The zero-order chi connectivity index (χ0) is 13.4. The SMILES string of the molecule is CC1(C)[C@@H]2CC[C@]1(C)[C@@H](O)C2.OC1CCCCC1. The smallest absolute Gasteiger partial charge is 0.0601 e. The highest BCUT2D eigenvalue weighted by molar-refractivity contribution is 5.10. The monoisotopic (exact) mass is 254 g/mol. The molecule has 3 rings (SSSR count). The third-order valence-electron chi connectivity index (χ3n) is 6.32. The van der Waals surface area contributed by atoms with Gasteiger partial charge < -0.3 is 10.2 Å². The van der Waals surface area contributed by atoms with Crippen LogP contribution in [0.5, 0.6) is 0 Å². The Hall–Kier alpha value is -0.0800. The van der Waals surface area contributed by atoms with Crippen molar-refractivity contribution in [3.8, 4) is 0 Å². The van der Waals surface area contributed by atoms with Crippen molar-refractivity contribution in [2.75, 3.05) is 0 Å². The van der Waals surface area contributed by atoms with E-state index in [9.17, 15) is 5.11 Å². The van der Waals surface area contributed by atoms with Gasteiger partial charge in [-0.3, -0.25) is 0 Å². The molecule has 3 atom stereocenters. The first-order chi connectivity index (χ1) is 8.38. The van der Waals surface area contributed by atoms with Crippen LogP contribution >= 0.6 is 0 Å². The molecular weight excluding hydrogens is 224 g/mol. The highest BCUT2D eigenvalue weighted by Crippen LogP contribution is 2.65. The lowest BCUT2D eigenvalue weighted by Gasteiger charge is -2.36. The van der Waals surface area contributed by atoms with Crippen LogP contribution in [0.4, 0.5) is 0 Å². The summed E-state index contributed by atoms with van der Waals surface area (Å²) in [5.74, 6) is 0.780. The van der Waals surface area contributed by atoms with Crippen molar-refractivity contribution in [1.29, 1.82) is 0 Å². The molecule has 106 valence electrons. The van der Waals surface area contributed by atoms with Crippen LogP contribution in [0.1, 0.15) is 72.1 Å². The van der Waals surface area contributed by atoms with Crippen LogP contribution in [0.3, 0.4) is 0 Å². The average molecular weight is 254 g/mol. The molecule has 18 heavy (non-hydrogen) atoms. The molecule has 3 aliphatic rings. The van der Waals surface area contributed by atoms with Crippen LogP contribution in [-0.2, 0) is 0 Å². The van der Waals surface area contributed by atoms with E-state index in [0.29, 0.717) is 5.41 Å². The van der Waals surface area contributed by atoms with Crippen LogP contribution < -0.4 is 0 Å². The molecule has 0 saturated heterocycles. The number of aliphatic hydroxyl groups excluding tert-OH is 2. The summed E-state index contributed by atoms with van der Waals surface area (Å²) < 4.78 is 0. The van der Waals surface area contributed by atoms with Crippen molar-refractivity contribution in [3.63, 3.8) is 0 Å². The minimum absolute atomic E-state index is 0.0313. The molecule has 0 heterocycles. The van der Waals surface area contributed by atoms with Gasteiger partial charge in [-0.2, -0.15) is 0 Å². The molecule has 0 aromatic rings. The van der Waals surface area contributed by atoms with E-state index >= 15 is 0 Å². The molecule has 0 spiro atoms. The second kappa shape index (κ2) is 5.13. The highest BCUT2D eigenvalue weighted by atomic mass is 16.3. The van der Waals surface area contributed by atoms with Gasteiger partial charge in [0, 0.05) is 0 Å². The maximum absolute atomic E-state index is 9.81. The Balaban J connectivity index is 0.000000149. The number of aliphatic hydroxyl groups is 2.